The fourth-order valence-corrected chi connectivity index (χ4v) is 1.68. The van der Waals surface area contributed by atoms with Crippen molar-refractivity contribution in [1.29, 1.82) is 0 Å². The molecule has 1 amide bonds. The minimum atomic E-state index is -0.567. The number of halogens is 1. The van der Waals surface area contributed by atoms with Gasteiger partial charge in [-0.3, -0.25) is 9.59 Å². The summed E-state index contributed by atoms with van der Waals surface area (Å²) in [5, 5.41) is 3.20. The standard InChI is InChI=1S/C14H16ClNO4/c1-9-7-11(15)4-5-12(9)16-13(18)8-20-14(19)6-3-10(2)17/h4-5,7H,3,6,8H2,1-2H3,(H,16,18). The largest absolute Gasteiger partial charge is 0.456 e. The lowest BCUT2D eigenvalue weighted by molar-refractivity contribution is -0.148. The first-order valence-corrected chi connectivity index (χ1v) is 6.47. The maximum Gasteiger partial charge on any atom is 0.306 e. The molecule has 6 heteroatoms. The van der Waals surface area contributed by atoms with E-state index >= 15 is 0 Å². The van der Waals surface area contributed by atoms with Crippen LogP contribution < -0.4 is 5.32 Å². The number of ether oxygens (including phenoxy) is 1. The second kappa shape index (κ2) is 7.65. The van der Waals surface area contributed by atoms with Gasteiger partial charge in [0.1, 0.15) is 5.78 Å². The average molecular weight is 298 g/mol. The Labute approximate surface area is 122 Å². The first kappa shape index (κ1) is 16.2. The molecule has 0 unspecified atom stereocenters. The van der Waals surface area contributed by atoms with Crippen LogP contribution in [0.1, 0.15) is 25.3 Å². The number of Topliss-reactive ketones (excluding diaryl/α,β-unsaturated/α-hetero) is 1. The maximum atomic E-state index is 11.6. The fourth-order valence-electron chi connectivity index (χ4n) is 1.45. The van der Waals surface area contributed by atoms with E-state index in [1.807, 2.05) is 0 Å². The van der Waals surface area contributed by atoms with E-state index in [4.69, 9.17) is 16.3 Å². The molecular weight excluding hydrogens is 282 g/mol. The Hall–Kier alpha value is -1.88. The number of carbonyl (C=O) groups excluding carboxylic acids is 3. The van der Waals surface area contributed by atoms with Crippen molar-refractivity contribution in [2.24, 2.45) is 0 Å². The van der Waals surface area contributed by atoms with Gasteiger partial charge in [-0.05, 0) is 37.6 Å². The Morgan fingerprint density at radius 3 is 2.55 bits per heavy atom. The Morgan fingerprint density at radius 2 is 1.95 bits per heavy atom. The summed E-state index contributed by atoms with van der Waals surface area (Å²) in [5.41, 5.74) is 1.42. The highest BCUT2D eigenvalue weighted by molar-refractivity contribution is 6.30. The number of aryl methyl sites for hydroxylation is 1. The number of amides is 1. The van der Waals surface area contributed by atoms with Crippen molar-refractivity contribution in [3.63, 3.8) is 0 Å². The number of carbonyl (C=O) groups is 3. The van der Waals surface area contributed by atoms with Crippen LogP contribution in [-0.2, 0) is 19.1 Å². The Morgan fingerprint density at radius 1 is 1.25 bits per heavy atom. The zero-order valence-electron chi connectivity index (χ0n) is 11.4. The third-order valence-corrected chi connectivity index (χ3v) is 2.74. The zero-order valence-corrected chi connectivity index (χ0v) is 12.1. The number of esters is 1. The number of hydrogen-bond donors (Lipinski definition) is 1. The van der Waals surface area contributed by atoms with Gasteiger partial charge < -0.3 is 14.8 Å². The molecule has 1 aromatic carbocycles. The van der Waals surface area contributed by atoms with E-state index in [1.54, 1.807) is 25.1 Å². The Kier molecular flexibility index (Phi) is 6.18. The lowest BCUT2D eigenvalue weighted by Crippen LogP contribution is -2.21. The van der Waals surface area contributed by atoms with Crippen molar-refractivity contribution >= 4 is 34.9 Å². The maximum absolute atomic E-state index is 11.6. The molecule has 0 spiro atoms. The third kappa shape index (κ3) is 5.84. The fraction of sp³-hybridized carbons (Fsp3) is 0.357. The molecule has 0 fully saturated rings. The van der Waals surface area contributed by atoms with Crippen molar-refractivity contribution in [2.45, 2.75) is 26.7 Å². The molecule has 0 atom stereocenters. The van der Waals surface area contributed by atoms with Crippen molar-refractivity contribution in [3.05, 3.63) is 28.8 Å². The first-order chi connectivity index (χ1) is 9.38. The highest BCUT2D eigenvalue weighted by Gasteiger charge is 2.10. The van der Waals surface area contributed by atoms with Gasteiger partial charge in [0.05, 0.1) is 6.42 Å². The molecule has 0 aliphatic carbocycles. The smallest absolute Gasteiger partial charge is 0.306 e. The quantitative estimate of drug-likeness (QED) is 0.819. The molecule has 108 valence electrons. The number of anilines is 1. The molecule has 0 heterocycles. The van der Waals surface area contributed by atoms with Crippen LogP contribution in [0.25, 0.3) is 0 Å². The van der Waals surface area contributed by atoms with Crippen LogP contribution in [0.4, 0.5) is 5.69 Å². The van der Waals surface area contributed by atoms with Gasteiger partial charge in [0.2, 0.25) is 0 Å². The van der Waals surface area contributed by atoms with Crippen LogP contribution in [0, 0.1) is 6.92 Å². The third-order valence-electron chi connectivity index (χ3n) is 2.51. The topological polar surface area (TPSA) is 72.5 Å². The van der Waals surface area contributed by atoms with E-state index in [9.17, 15) is 14.4 Å². The van der Waals surface area contributed by atoms with E-state index in [0.717, 1.165) is 5.56 Å². The molecule has 0 saturated carbocycles. The van der Waals surface area contributed by atoms with Crippen molar-refractivity contribution in [3.8, 4) is 0 Å². The summed E-state index contributed by atoms with van der Waals surface area (Å²) in [6.45, 7) is 2.82. The van der Waals surface area contributed by atoms with Crippen molar-refractivity contribution in [1.82, 2.24) is 0 Å². The van der Waals surface area contributed by atoms with Crippen LogP contribution in [-0.4, -0.2) is 24.3 Å². The van der Waals surface area contributed by atoms with Gasteiger partial charge in [-0.2, -0.15) is 0 Å². The van der Waals surface area contributed by atoms with Crippen LogP contribution in [0.5, 0.6) is 0 Å². The number of ketones is 1. The summed E-state index contributed by atoms with van der Waals surface area (Å²) in [6.07, 6.45) is 0.110. The molecule has 1 rings (SSSR count). The SMILES string of the molecule is CC(=O)CCC(=O)OCC(=O)Nc1ccc(Cl)cc1C. The van der Waals surface area contributed by atoms with Gasteiger partial charge in [0, 0.05) is 17.1 Å². The summed E-state index contributed by atoms with van der Waals surface area (Å²) in [5.74, 6) is -1.10. The van der Waals surface area contributed by atoms with Crippen LogP contribution in [0.15, 0.2) is 18.2 Å². The number of rotatable bonds is 6. The van der Waals surface area contributed by atoms with Gasteiger partial charge in [-0.15, -0.1) is 0 Å². The molecule has 20 heavy (non-hydrogen) atoms. The van der Waals surface area contributed by atoms with Crippen molar-refractivity contribution < 1.29 is 19.1 Å². The molecule has 1 N–H and O–H groups in total. The lowest BCUT2D eigenvalue weighted by atomic mass is 10.2. The molecular formula is C14H16ClNO4. The van der Waals surface area contributed by atoms with Gasteiger partial charge in [0.25, 0.3) is 5.91 Å². The minimum absolute atomic E-state index is 0.0113. The van der Waals surface area contributed by atoms with Gasteiger partial charge in [0.15, 0.2) is 6.61 Å². The van der Waals surface area contributed by atoms with E-state index in [2.05, 4.69) is 5.32 Å². The summed E-state index contributed by atoms with van der Waals surface area (Å²) in [4.78, 5) is 33.5. The monoisotopic (exact) mass is 297 g/mol. The highest BCUT2D eigenvalue weighted by Crippen LogP contribution is 2.19. The van der Waals surface area contributed by atoms with E-state index in [-0.39, 0.29) is 25.2 Å². The Balaban J connectivity index is 2.40. The van der Waals surface area contributed by atoms with Crippen LogP contribution in [0.2, 0.25) is 5.02 Å². The normalized spacial score (nSPS) is 9.95. The van der Waals surface area contributed by atoms with E-state index in [1.165, 1.54) is 6.92 Å². The molecule has 0 aliphatic heterocycles. The van der Waals surface area contributed by atoms with Crippen molar-refractivity contribution in [2.75, 3.05) is 11.9 Å². The lowest BCUT2D eigenvalue weighted by Gasteiger charge is -2.09. The number of hydrogen-bond acceptors (Lipinski definition) is 4. The number of nitrogens with one attached hydrogen (secondary N) is 1. The number of benzene rings is 1. The molecule has 0 aliphatic rings. The summed E-state index contributed by atoms with van der Waals surface area (Å²) in [7, 11) is 0. The predicted octanol–water partition coefficient (Wildman–Crippen LogP) is 2.50. The van der Waals surface area contributed by atoms with Gasteiger partial charge >= 0.3 is 5.97 Å². The summed E-state index contributed by atoms with van der Waals surface area (Å²) >= 11 is 5.81. The van der Waals surface area contributed by atoms with Gasteiger partial charge in [-0.1, -0.05) is 11.6 Å². The molecule has 1 aromatic rings. The highest BCUT2D eigenvalue weighted by atomic mass is 35.5. The van der Waals surface area contributed by atoms with Crippen LogP contribution in [0.3, 0.4) is 0 Å². The molecule has 5 nitrogen and oxygen atoms in total. The zero-order chi connectivity index (χ0) is 15.1. The average Bonchev–Trinajstić information content (AvgIpc) is 2.37. The molecule has 0 radical (unpaired) electrons. The molecule has 0 aromatic heterocycles. The predicted molar refractivity (Wildman–Crippen MR) is 75.7 cm³/mol. The summed E-state index contributed by atoms with van der Waals surface area (Å²) < 4.78 is 4.76. The first-order valence-electron chi connectivity index (χ1n) is 6.09. The van der Waals surface area contributed by atoms with Crippen LogP contribution >= 0.6 is 11.6 Å². The second-order valence-corrected chi connectivity index (χ2v) is 4.81. The Bertz CT molecular complexity index is 528. The van der Waals surface area contributed by atoms with Gasteiger partial charge in [-0.25, -0.2) is 0 Å². The van der Waals surface area contributed by atoms with E-state index in [0.29, 0.717) is 10.7 Å². The summed E-state index contributed by atoms with van der Waals surface area (Å²) in [6, 6.07) is 5.05. The second-order valence-electron chi connectivity index (χ2n) is 4.37. The van der Waals surface area contributed by atoms with E-state index < -0.39 is 11.9 Å². The molecule has 0 bridgehead atoms. The minimum Gasteiger partial charge on any atom is -0.456 e. The molecule has 0 saturated heterocycles.